The predicted octanol–water partition coefficient (Wildman–Crippen LogP) is 1.66. The molecule has 0 saturated heterocycles. The minimum absolute atomic E-state index is 0.400. The molecular weight excluding hydrogens is 166 g/mol. The second-order valence-electron chi connectivity index (χ2n) is 2.65. The second-order valence-corrected chi connectivity index (χ2v) is 2.65. The predicted molar refractivity (Wildman–Crippen MR) is 47.2 cm³/mol. The molecule has 3 nitrogen and oxygen atoms in total. The van der Waals surface area contributed by atoms with Crippen LogP contribution in [0.1, 0.15) is 5.56 Å². The van der Waals surface area contributed by atoms with Gasteiger partial charge >= 0.3 is 5.63 Å². The molecule has 0 aliphatic carbocycles. The minimum Gasteiger partial charge on any atom is -0.431 e. The molecule has 0 spiro atoms. The molecule has 0 N–H and O–H groups in total. The maximum atomic E-state index is 10.8. The number of fused-ring (bicyclic) bond motifs is 1. The highest BCUT2D eigenvalue weighted by Gasteiger charge is 1.96. The summed E-state index contributed by atoms with van der Waals surface area (Å²) in [5.41, 5.74) is 0.140. The Morgan fingerprint density at radius 3 is 2.85 bits per heavy atom. The fourth-order valence-electron chi connectivity index (χ4n) is 1.16. The second kappa shape index (κ2) is 2.76. The maximum absolute atomic E-state index is 10.8. The van der Waals surface area contributed by atoms with Crippen molar-refractivity contribution >= 4 is 10.8 Å². The van der Waals surface area contributed by atoms with E-state index in [9.17, 15) is 4.79 Å². The molecule has 0 bridgehead atoms. The average Bonchev–Trinajstić information content (AvgIpc) is 2.16. The monoisotopic (exact) mass is 171 g/mol. The van der Waals surface area contributed by atoms with Crippen molar-refractivity contribution in [3.8, 4) is 6.07 Å². The van der Waals surface area contributed by atoms with Gasteiger partial charge in [-0.1, -0.05) is 0 Å². The van der Waals surface area contributed by atoms with Crippen LogP contribution in [0.3, 0.4) is 0 Å². The normalized spacial score (nSPS) is 9.77. The molecule has 3 heteroatoms. The van der Waals surface area contributed by atoms with E-state index in [0.717, 1.165) is 10.8 Å². The lowest BCUT2D eigenvalue weighted by Gasteiger charge is -1.94. The number of nitrogens with zero attached hydrogens (tertiary/aromatic N) is 1. The highest BCUT2D eigenvalue weighted by Crippen LogP contribution is 2.12. The SMILES string of the molecule is N#Cc1ccc2coc(=O)cc2c1. The van der Waals surface area contributed by atoms with Crippen molar-refractivity contribution in [2.75, 3.05) is 0 Å². The van der Waals surface area contributed by atoms with E-state index in [2.05, 4.69) is 4.42 Å². The van der Waals surface area contributed by atoms with Crippen molar-refractivity contribution in [1.29, 1.82) is 5.26 Å². The molecular formula is C10H5NO2. The number of nitriles is 1. The van der Waals surface area contributed by atoms with Crippen molar-refractivity contribution in [1.82, 2.24) is 0 Å². The molecule has 0 fully saturated rings. The first-order valence-corrected chi connectivity index (χ1v) is 3.72. The van der Waals surface area contributed by atoms with Crippen LogP contribution in [0.15, 0.2) is 39.7 Å². The summed E-state index contributed by atoms with van der Waals surface area (Å²) in [6, 6.07) is 8.47. The zero-order chi connectivity index (χ0) is 9.26. The van der Waals surface area contributed by atoms with Gasteiger partial charge in [0, 0.05) is 11.5 Å². The topological polar surface area (TPSA) is 54.0 Å². The van der Waals surface area contributed by atoms with E-state index in [0.29, 0.717) is 5.56 Å². The van der Waals surface area contributed by atoms with Gasteiger partial charge in [-0.15, -0.1) is 0 Å². The Morgan fingerprint density at radius 1 is 1.23 bits per heavy atom. The van der Waals surface area contributed by atoms with Gasteiger partial charge in [0.2, 0.25) is 0 Å². The third-order valence-corrected chi connectivity index (χ3v) is 1.79. The van der Waals surface area contributed by atoms with Gasteiger partial charge in [-0.25, -0.2) is 4.79 Å². The molecule has 13 heavy (non-hydrogen) atoms. The van der Waals surface area contributed by atoms with E-state index >= 15 is 0 Å². The zero-order valence-electron chi connectivity index (χ0n) is 6.65. The maximum Gasteiger partial charge on any atom is 0.336 e. The summed E-state index contributed by atoms with van der Waals surface area (Å²) in [5, 5.41) is 10.2. The van der Waals surface area contributed by atoms with Gasteiger partial charge in [0.1, 0.15) is 6.26 Å². The van der Waals surface area contributed by atoms with Crippen LogP contribution in [-0.2, 0) is 0 Å². The molecule has 2 rings (SSSR count). The lowest BCUT2D eigenvalue weighted by atomic mass is 10.1. The van der Waals surface area contributed by atoms with Gasteiger partial charge in [0.05, 0.1) is 11.6 Å². The van der Waals surface area contributed by atoms with E-state index in [4.69, 9.17) is 5.26 Å². The molecule has 1 heterocycles. The Kier molecular flexibility index (Phi) is 1.60. The van der Waals surface area contributed by atoms with E-state index in [1.165, 1.54) is 12.3 Å². The van der Waals surface area contributed by atoms with Crippen LogP contribution in [0.5, 0.6) is 0 Å². The average molecular weight is 171 g/mol. The summed E-state index contributed by atoms with van der Waals surface area (Å²) in [7, 11) is 0. The Hall–Kier alpha value is -2.08. The van der Waals surface area contributed by atoms with Crippen molar-refractivity contribution in [2.45, 2.75) is 0 Å². The molecule has 1 aromatic carbocycles. The molecule has 0 amide bonds. The van der Waals surface area contributed by atoms with E-state index in [1.807, 2.05) is 6.07 Å². The first kappa shape index (κ1) is 7.56. The summed E-state index contributed by atoms with van der Waals surface area (Å²) in [6.07, 6.45) is 1.39. The number of hydrogen-bond donors (Lipinski definition) is 0. The summed E-state index contributed by atoms with van der Waals surface area (Å²) >= 11 is 0. The van der Waals surface area contributed by atoms with E-state index in [1.54, 1.807) is 18.2 Å². The van der Waals surface area contributed by atoms with Gasteiger partial charge in [0.25, 0.3) is 0 Å². The molecule has 0 radical (unpaired) electrons. The fraction of sp³-hybridized carbons (Fsp3) is 0. The first-order chi connectivity index (χ1) is 6.29. The van der Waals surface area contributed by atoms with Gasteiger partial charge in [0.15, 0.2) is 0 Å². The minimum atomic E-state index is -0.400. The standard InChI is InChI=1S/C10H5NO2/c11-5-7-1-2-8-6-13-10(12)4-9(8)3-7/h1-4,6H. The molecule has 2 aromatic rings. The van der Waals surface area contributed by atoms with Crippen molar-refractivity contribution in [3.63, 3.8) is 0 Å². The fourth-order valence-corrected chi connectivity index (χ4v) is 1.16. The summed E-state index contributed by atoms with van der Waals surface area (Å²) in [6.45, 7) is 0. The van der Waals surface area contributed by atoms with Crippen LogP contribution < -0.4 is 5.63 Å². The molecule has 0 aliphatic heterocycles. The van der Waals surface area contributed by atoms with E-state index < -0.39 is 5.63 Å². The van der Waals surface area contributed by atoms with Crippen molar-refractivity contribution in [2.24, 2.45) is 0 Å². The van der Waals surface area contributed by atoms with Crippen LogP contribution in [0.2, 0.25) is 0 Å². The van der Waals surface area contributed by atoms with Crippen molar-refractivity contribution in [3.05, 3.63) is 46.5 Å². The van der Waals surface area contributed by atoms with Gasteiger partial charge in [-0.3, -0.25) is 0 Å². The lowest BCUT2D eigenvalue weighted by Crippen LogP contribution is -1.94. The van der Waals surface area contributed by atoms with E-state index in [-0.39, 0.29) is 0 Å². The molecule has 0 aliphatic rings. The number of hydrogen-bond acceptors (Lipinski definition) is 3. The quantitative estimate of drug-likeness (QED) is 0.605. The van der Waals surface area contributed by atoms with Crippen LogP contribution >= 0.6 is 0 Å². The lowest BCUT2D eigenvalue weighted by molar-refractivity contribution is 0.518. The molecule has 0 atom stereocenters. The van der Waals surface area contributed by atoms with Crippen LogP contribution in [0.4, 0.5) is 0 Å². The molecule has 1 aromatic heterocycles. The molecule has 0 saturated carbocycles. The Balaban J connectivity index is 2.84. The first-order valence-electron chi connectivity index (χ1n) is 3.72. The van der Waals surface area contributed by atoms with Gasteiger partial charge in [-0.2, -0.15) is 5.26 Å². The Labute approximate surface area is 73.8 Å². The number of benzene rings is 1. The van der Waals surface area contributed by atoms with Gasteiger partial charge in [-0.05, 0) is 23.6 Å². The zero-order valence-corrected chi connectivity index (χ0v) is 6.65. The van der Waals surface area contributed by atoms with Crippen LogP contribution in [0.25, 0.3) is 10.8 Å². The van der Waals surface area contributed by atoms with Crippen molar-refractivity contribution < 1.29 is 4.42 Å². The van der Waals surface area contributed by atoms with Crippen LogP contribution in [0, 0.1) is 11.3 Å². The largest absolute Gasteiger partial charge is 0.431 e. The molecule has 62 valence electrons. The Bertz CT molecular complexity index is 549. The van der Waals surface area contributed by atoms with Crippen LogP contribution in [-0.4, -0.2) is 0 Å². The Morgan fingerprint density at radius 2 is 2.08 bits per heavy atom. The third-order valence-electron chi connectivity index (χ3n) is 1.79. The summed E-state index contributed by atoms with van der Waals surface area (Å²) in [5.74, 6) is 0. The highest BCUT2D eigenvalue weighted by atomic mass is 16.4. The smallest absolute Gasteiger partial charge is 0.336 e. The summed E-state index contributed by atoms with van der Waals surface area (Å²) < 4.78 is 4.68. The number of rotatable bonds is 0. The molecule has 0 unspecified atom stereocenters. The highest BCUT2D eigenvalue weighted by molar-refractivity contribution is 5.82. The summed E-state index contributed by atoms with van der Waals surface area (Å²) in [4.78, 5) is 10.8. The third kappa shape index (κ3) is 1.30. The van der Waals surface area contributed by atoms with Gasteiger partial charge < -0.3 is 4.42 Å².